The van der Waals surface area contributed by atoms with Crippen LogP contribution in [0.25, 0.3) is 12.7 Å². The number of nitrogens with zero attached hydrogens (tertiary/aromatic N) is 1. The second-order valence-corrected chi connectivity index (χ2v) is 3.81. The molecule has 0 aromatic carbocycles. The number of H-pyrrole nitrogens is 1. The average Bonchev–Trinajstić information content (AvgIpc) is 2.62. The van der Waals surface area contributed by atoms with E-state index in [1.54, 1.807) is 0 Å². The molecule has 0 atom stereocenters. The summed E-state index contributed by atoms with van der Waals surface area (Å²) in [5.74, 6) is 0.775. The molecule has 0 radical (unpaired) electrons. The molecule has 0 aliphatic rings. The van der Waals surface area contributed by atoms with Crippen LogP contribution in [0.4, 0.5) is 0 Å². The van der Waals surface area contributed by atoms with Gasteiger partial charge in [-0.15, -0.1) is 0 Å². The number of rotatable bonds is 2. The van der Waals surface area contributed by atoms with Crippen molar-refractivity contribution in [1.82, 2.24) is 9.97 Å². The fourth-order valence-corrected chi connectivity index (χ4v) is 1.20. The molecular formula is C11H18IN3. The van der Waals surface area contributed by atoms with Crippen molar-refractivity contribution in [3.05, 3.63) is 26.2 Å². The van der Waals surface area contributed by atoms with E-state index < -0.39 is 0 Å². The van der Waals surface area contributed by atoms with E-state index >= 15 is 0 Å². The van der Waals surface area contributed by atoms with Crippen LogP contribution in [0, 0.1) is 0 Å². The number of nitrogens with two attached hydrogens (primary N) is 1. The maximum Gasteiger partial charge on any atom is 0.121 e. The lowest BCUT2D eigenvalue weighted by Gasteiger charge is -1.82. The third-order valence-corrected chi connectivity index (χ3v) is 2.54. The SMILES string of the molecule is C=c1[nH]c(CN)n/c1=C/C(I)=C\C.CC. The molecule has 3 nitrogen and oxygen atoms in total. The Labute approximate surface area is 104 Å². The Bertz CT molecular complexity index is 418. The van der Waals surface area contributed by atoms with Gasteiger partial charge in [0.1, 0.15) is 5.82 Å². The minimum absolute atomic E-state index is 0.419. The summed E-state index contributed by atoms with van der Waals surface area (Å²) in [5.41, 5.74) is 5.44. The number of hydrogen-bond acceptors (Lipinski definition) is 2. The first-order valence-electron chi connectivity index (χ1n) is 4.94. The highest BCUT2D eigenvalue weighted by atomic mass is 127. The molecule has 84 valence electrons. The van der Waals surface area contributed by atoms with Crippen molar-refractivity contribution in [3.63, 3.8) is 0 Å². The van der Waals surface area contributed by atoms with Gasteiger partial charge >= 0.3 is 0 Å². The molecule has 15 heavy (non-hydrogen) atoms. The summed E-state index contributed by atoms with van der Waals surface area (Å²) in [6, 6.07) is 0. The first kappa shape index (κ1) is 14.4. The Balaban J connectivity index is 0.000000921. The lowest BCUT2D eigenvalue weighted by Crippen LogP contribution is -2.22. The van der Waals surface area contributed by atoms with Crippen LogP contribution in [0.5, 0.6) is 0 Å². The van der Waals surface area contributed by atoms with Gasteiger partial charge in [-0.3, -0.25) is 0 Å². The molecule has 1 heterocycles. The summed E-state index contributed by atoms with van der Waals surface area (Å²) in [4.78, 5) is 7.29. The summed E-state index contributed by atoms with van der Waals surface area (Å²) < 4.78 is 1.14. The number of aromatic nitrogens is 2. The number of aromatic amines is 1. The van der Waals surface area contributed by atoms with Crippen molar-refractivity contribution in [2.24, 2.45) is 5.73 Å². The predicted octanol–water partition coefficient (Wildman–Crippen LogP) is 1.42. The molecule has 0 unspecified atom stereocenters. The summed E-state index contributed by atoms with van der Waals surface area (Å²) >= 11 is 2.24. The molecule has 0 aliphatic carbocycles. The van der Waals surface area contributed by atoms with Crippen molar-refractivity contribution in [3.8, 4) is 0 Å². The average molecular weight is 319 g/mol. The molecule has 0 fully saturated rings. The Hall–Kier alpha value is -0.620. The van der Waals surface area contributed by atoms with E-state index in [0.29, 0.717) is 6.54 Å². The zero-order chi connectivity index (χ0) is 11.8. The molecule has 1 rings (SSSR count). The molecule has 1 aromatic heterocycles. The predicted molar refractivity (Wildman–Crippen MR) is 74.8 cm³/mol. The molecule has 1 aromatic rings. The third kappa shape index (κ3) is 4.61. The Morgan fingerprint density at radius 2 is 2.20 bits per heavy atom. The molecule has 0 saturated heterocycles. The van der Waals surface area contributed by atoms with Crippen LogP contribution in [0.1, 0.15) is 26.6 Å². The summed E-state index contributed by atoms with van der Waals surface area (Å²) in [7, 11) is 0. The van der Waals surface area contributed by atoms with Crippen LogP contribution in [0.2, 0.25) is 0 Å². The molecule has 0 amide bonds. The second-order valence-electron chi connectivity index (χ2n) is 2.57. The zero-order valence-electron chi connectivity index (χ0n) is 9.47. The number of allylic oxidation sites excluding steroid dienone is 2. The Morgan fingerprint density at radius 1 is 1.60 bits per heavy atom. The van der Waals surface area contributed by atoms with Crippen molar-refractivity contribution >= 4 is 35.2 Å². The highest BCUT2D eigenvalue weighted by molar-refractivity contribution is 14.1. The molecular weight excluding hydrogens is 301 g/mol. The zero-order valence-corrected chi connectivity index (χ0v) is 11.6. The minimum atomic E-state index is 0.419. The van der Waals surface area contributed by atoms with Gasteiger partial charge in [-0.2, -0.15) is 0 Å². The van der Waals surface area contributed by atoms with E-state index in [0.717, 1.165) is 20.1 Å². The van der Waals surface area contributed by atoms with Gasteiger partial charge in [-0.1, -0.05) is 26.5 Å². The van der Waals surface area contributed by atoms with Gasteiger partial charge in [0.15, 0.2) is 0 Å². The maximum atomic E-state index is 5.44. The highest BCUT2D eigenvalue weighted by Gasteiger charge is 1.94. The van der Waals surface area contributed by atoms with Gasteiger partial charge in [0.25, 0.3) is 0 Å². The molecule has 3 N–H and O–H groups in total. The lowest BCUT2D eigenvalue weighted by atomic mass is 10.4. The Morgan fingerprint density at radius 3 is 2.60 bits per heavy atom. The van der Waals surface area contributed by atoms with E-state index in [2.05, 4.69) is 39.1 Å². The molecule has 0 aliphatic heterocycles. The van der Waals surface area contributed by atoms with Crippen LogP contribution in [-0.2, 0) is 6.54 Å². The topological polar surface area (TPSA) is 54.7 Å². The standard InChI is InChI=1S/C9H12IN3.C2H6/c1-3-7(10)4-8-6(2)12-9(5-11)13-8;1-2/h3-4H,2,5,11H2,1H3,(H,12,13);1-2H3/b7-3+,8-4+;. The monoisotopic (exact) mass is 319 g/mol. The highest BCUT2D eigenvalue weighted by Crippen LogP contribution is 2.04. The van der Waals surface area contributed by atoms with Gasteiger partial charge in [0, 0.05) is 3.58 Å². The fourth-order valence-electron chi connectivity index (χ4n) is 0.909. The summed E-state index contributed by atoms with van der Waals surface area (Å²) in [6.07, 6.45) is 3.98. The van der Waals surface area contributed by atoms with Gasteiger partial charge < -0.3 is 10.7 Å². The molecule has 0 spiro atoms. The van der Waals surface area contributed by atoms with Gasteiger partial charge in [0.05, 0.1) is 17.2 Å². The largest absolute Gasteiger partial charge is 0.341 e. The summed E-state index contributed by atoms with van der Waals surface area (Å²) in [6.45, 7) is 10.2. The first-order chi connectivity index (χ1) is 7.17. The number of halogens is 1. The van der Waals surface area contributed by atoms with E-state index in [1.165, 1.54) is 0 Å². The first-order valence-corrected chi connectivity index (χ1v) is 6.02. The maximum absolute atomic E-state index is 5.44. The minimum Gasteiger partial charge on any atom is -0.341 e. The van der Waals surface area contributed by atoms with Gasteiger partial charge in [0.2, 0.25) is 0 Å². The molecule has 0 bridgehead atoms. The number of hydrogen-bond donors (Lipinski definition) is 2. The normalized spacial score (nSPS) is 12.3. The fraction of sp³-hybridized carbons (Fsp3) is 0.364. The van der Waals surface area contributed by atoms with Crippen LogP contribution >= 0.6 is 22.6 Å². The Kier molecular flexibility index (Phi) is 7.33. The second kappa shape index (κ2) is 7.64. The molecule has 4 heteroatoms. The van der Waals surface area contributed by atoms with Crippen LogP contribution in [-0.4, -0.2) is 9.97 Å². The van der Waals surface area contributed by atoms with Crippen molar-refractivity contribution in [2.75, 3.05) is 0 Å². The summed E-state index contributed by atoms with van der Waals surface area (Å²) in [5, 5.41) is 1.68. The van der Waals surface area contributed by atoms with Crippen molar-refractivity contribution in [2.45, 2.75) is 27.3 Å². The van der Waals surface area contributed by atoms with Gasteiger partial charge in [-0.25, -0.2) is 4.98 Å². The van der Waals surface area contributed by atoms with E-state index in [4.69, 9.17) is 5.73 Å². The lowest BCUT2D eigenvalue weighted by molar-refractivity contribution is 0.943. The molecule has 0 saturated carbocycles. The smallest absolute Gasteiger partial charge is 0.121 e. The van der Waals surface area contributed by atoms with Crippen molar-refractivity contribution < 1.29 is 0 Å². The van der Waals surface area contributed by atoms with Crippen LogP contribution in [0.3, 0.4) is 0 Å². The third-order valence-electron chi connectivity index (χ3n) is 1.60. The van der Waals surface area contributed by atoms with E-state index in [1.807, 2.05) is 32.9 Å². The quantitative estimate of drug-likeness (QED) is 0.810. The van der Waals surface area contributed by atoms with Crippen LogP contribution < -0.4 is 16.4 Å². The van der Waals surface area contributed by atoms with Crippen molar-refractivity contribution in [1.29, 1.82) is 0 Å². The number of nitrogens with one attached hydrogen (secondary N) is 1. The van der Waals surface area contributed by atoms with E-state index in [-0.39, 0.29) is 0 Å². The van der Waals surface area contributed by atoms with E-state index in [9.17, 15) is 0 Å². The van der Waals surface area contributed by atoms with Gasteiger partial charge in [-0.05, 0) is 35.6 Å². The van der Waals surface area contributed by atoms with Crippen LogP contribution in [0.15, 0.2) is 9.66 Å². The number of imidazole rings is 1.